The topological polar surface area (TPSA) is 66.8 Å². The van der Waals surface area contributed by atoms with Crippen molar-refractivity contribution in [2.75, 3.05) is 16.4 Å². The van der Waals surface area contributed by atoms with Gasteiger partial charge in [0.25, 0.3) is 5.91 Å². The molecule has 2 atom stereocenters. The summed E-state index contributed by atoms with van der Waals surface area (Å²) in [7, 11) is -3.13. The summed E-state index contributed by atoms with van der Waals surface area (Å²) in [5.74, 6) is -0.264. The van der Waals surface area contributed by atoms with Crippen LogP contribution in [0.25, 0.3) is 0 Å². The SMILES string of the molecule is O=C(N=C1SC2CS(=O)(=O)CC2N1c1ccc(Br)cc1Cl)c1ccccc1. The number of hydrogen-bond acceptors (Lipinski definition) is 4. The summed E-state index contributed by atoms with van der Waals surface area (Å²) in [5.41, 5.74) is 1.13. The second-order valence-corrected chi connectivity index (χ2v) is 11.0. The highest BCUT2D eigenvalue weighted by Crippen LogP contribution is 2.43. The Bertz CT molecular complexity index is 1040. The number of halogens is 2. The van der Waals surface area contributed by atoms with Gasteiger partial charge in [0.1, 0.15) is 0 Å². The number of nitrogens with zero attached hydrogens (tertiary/aromatic N) is 2. The zero-order valence-corrected chi connectivity index (χ0v) is 17.9. The number of amidine groups is 1. The molecule has 9 heteroatoms. The summed E-state index contributed by atoms with van der Waals surface area (Å²) in [6.07, 6.45) is 0. The zero-order valence-electron chi connectivity index (χ0n) is 13.9. The van der Waals surface area contributed by atoms with Crippen LogP contribution < -0.4 is 4.90 Å². The van der Waals surface area contributed by atoms with E-state index in [4.69, 9.17) is 11.6 Å². The van der Waals surface area contributed by atoms with Gasteiger partial charge < -0.3 is 4.90 Å². The number of sulfone groups is 1. The molecule has 2 aromatic carbocycles. The second-order valence-electron chi connectivity index (χ2n) is 6.33. The minimum atomic E-state index is -3.13. The van der Waals surface area contributed by atoms with E-state index in [-0.39, 0.29) is 28.7 Å². The molecule has 0 aromatic heterocycles. The third kappa shape index (κ3) is 3.81. The van der Waals surface area contributed by atoms with Gasteiger partial charge in [-0.25, -0.2) is 8.42 Å². The van der Waals surface area contributed by atoms with E-state index in [9.17, 15) is 13.2 Å². The number of benzene rings is 2. The molecule has 27 heavy (non-hydrogen) atoms. The number of thioether (sulfide) groups is 1. The molecule has 0 spiro atoms. The first-order valence-corrected chi connectivity index (χ1v) is 12.0. The summed E-state index contributed by atoms with van der Waals surface area (Å²) < 4.78 is 25.1. The van der Waals surface area contributed by atoms with Crippen molar-refractivity contribution in [3.05, 3.63) is 63.6 Å². The highest BCUT2D eigenvalue weighted by Gasteiger charge is 2.49. The molecule has 4 rings (SSSR count). The third-order valence-electron chi connectivity index (χ3n) is 4.45. The summed E-state index contributed by atoms with van der Waals surface area (Å²) in [6, 6.07) is 13.9. The van der Waals surface area contributed by atoms with Crippen LogP contribution in [0.1, 0.15) is 10.4 Å². The lowest BCUT2D eigenvalue weighted by Crippen LogP contribution is -2.37. The Morgan fingerprint density at radius 2 is 1.93 bits per heavy atom. The summed E-state index contributed by atoms with van der Waals surface area (Å²) in [5, 5.41) is 0.782. The molecule has 5 nitrogen and oxygen atoms in total. The fourth-order valence-electron chi connectivity index (χ4n) is 3.25. The maximum absolute atomic E-state index is 12.6. The molecule has 0 bridgehead atoms. The van der Waals surface area contributed by atoms with Crippen LogP contribution in [0.5, 0.6) is 0 Å². The monoisotopic (exact) mass is 484 g/mol. The number of anilines is 1. The molecular weight excluding hydrogens is 472 g/mol. The lowest BCUT2D eigenvalue weighted by molar-refractivity contribution is 0.100. The quantitative estimate of drug-likeness (QED) is 0.643. The predicted octanol–water partition coefficient (Wildman–Crippen LogP) is 4.02. The van der Waals surface area contributed by atoms with Crippen LogP contribution in [0.3, 0.4) is 0 Å². The number of carbonyl (C=O) groups is 1. The van der Waals surface area contributed by atoms with Crippen LogP contribution in [0, 0.1) is 0 Å². The second kappa shape index (κ2) is 7.24. The number of amides is 1. The van der Waals surface area contributed by atoms with Crippen LogP contribution in [0.2, 0.25) is 5.02 Å². The molecule has 1 amide bonds. The Hall–Kier alpha value is -1.35. The van der Waals surface area contributed by atoms with Crippen LogP contribution in [-0.2, 0) is 9.84 Å². The van der Waals surface area contributed by atoms with Crippen molar-refractivity contribution in [3.63, 3.8) is 0 Å². The first-order chi connectivity index (χ1) is 12.8. The van der Waals surface area contributed by atoms with E-state index >= 15 is 0 Å². The molecule has 140 valence electrons. The van der Waals surface area contributed by atoms with Crippen molar-refractivity contribution >= 4 is 65.9 Å². The largest absolute Gasteiger partial charge is 0.314 e. The summed E-state index contributed by atoms with van der Waals surface area (Å²) in [6.45, 7) is 0. The molecule has 2 fully saturated rings. The van der Waals surface area contributed by atoms with Gasteiger partial charge in [-0.15, -0.1) is 0 Å². The van der Waals surface area contributed by atoms with E-state index in [2.05, 4.69) is 20.9 Å². The lowest BCUT2D eigenvalue weighted by Gasteiger charge is -2.25. The Balaban J connectivity index is 1.76. The highest BCUT2D eigenvalue weighted by molar-refractivity contribution is 9.10. The third-order valence-corrected chi connectivity index (χ3v) is 8.46. The van der Waals surface area contributed by atoms with Gasteiger partial charge in [-0.3, -0.25) is 4.79 Å². The van der Waals surface area contributed by atoms with Gasteiger partial charge in [-0.1, -0.05) is 57.5 Å². The van der Waals surface area contributed by atoms with E-state index in [1.54, 1.807) is 35.2 Å². The molecular formula is C18H14BrClN2O3S2. The number of aliphatic imine (C=N–C) groups is 1. The lowest BCUT2D eigenvalue weighted by atomic mass is 10.2. The van der Waals surface area contributed by atoms with Gasteiger partial charge in [0.2, 0.25) is 0 Å². The smallest absolute Gasteiger partial charge is 0.279 e. The first-order valence-electron chi connectivity index (χ1n) is 8.13. The van der Waals surface area contributed by atoms with Crippen molar-refractivity contribution in [2.45, 2.75) is 11.3 Å². The molecule has 2 aliphatic rings. The minimum Gasteiger partial charge on any atom is -0.314 e. The molecule has 0 aliphatic carbocycles. The van der Waals surface area contributed by atoms with Gasteiger partial charge in [0.05, 0.1) is 28.3 Å². The molecule has 2 heterocycles. The van der Waals surface area contributed by atoms with E-state index in [1.807, 2.05) is 18.2 Å². The molecule has 0 radical (unpaired) electrons. The zero-order chi connectivity index (χ0) is 19.2. The van der Waals surface area contributed by atoms with Crippen molar-refractivity contribution in [2.24, 2.45) is 4.99 Å². The van der Waals surface area contributed by atoms with Crippen molar-refractivity contribution < 1.29 is 13.2 Å². The van der Waals surface area contributed by atoms with E-state index < -0.39 is 9.84 Å². The van der Waals surface area contributed by atoms with E-state index in [0.29, 0.717) is 21.4 Å². The predicted molar refractivity (Wildman–Crippen MR) is 114 cm³/mol. The number of rotatable bonds is 2. The summed E-state index contributed by atoms with van der Waals surface area (Å²) >= 11 is 11.1. The summed E-state index contributed by atoms with van der Waals surface area (Å²) in [4.78, 5) is 18.7. The molecule has 2 aliphatic heterocycles. The Kier molecular flexibility index (Phi) is 5.09. The average molecular weight is 486 g/mol. The molecule has 2 saturated heterocycles. The van der Waals surface area contributed by atoms with Crippen LogP contribution in [0.4, 0.5) is 5.69 Å². The van der Waals surface area contributed by atoms with Crippen molar-refractivity contribution in [1.82, 2.24) is 0 Å². The average Bonchev–Trinajstić information content (AvgIpc) is 3.07. The number of hydrogen-bond donors (Lipinski definition) is 0. The van der Waals surface area contributed by atoms with E-state index in [0.717, 1.165) is 4.47 Å². The Morgan fingerprint density at radius 1 is 1.19 bits per heavy atom. The van der Waals surface area contributed by atoms with Crippen LogP contribution in [0.15, 0.2) is 58.0 Å². The Labute approximate surface area is 174 Å². The molecule has 2 aromatic rings. The normalized spacial score (nSPS) is 25.0. The standard InChI is InChI=1S/C18H14BrClN2O3S2/c19-12-6-7-14(13(20)8-12)22-15-9-27(24,25)10-16(15)26-18(22)21-17(23)11-4-2-1-3-5-11/h1-8,15-16H,9-10H2. The molecule has 0 saturated carbocycles. The molecule has 0 N–H and O–H groups in total. The van der Waals surface area contributed by atoms with Crippen LogP contribution >= 0.6 is 39.3 Å². The molecule has 2 unspecified atom stereocenters. The van der Waals surface area contributed by atoms with Gasteiger partial charge >= 0.3 is 0 Å². The number of carbonyl (C=O) groups excluding carboxylic acids is 1. The van der Waals surface area contributed by atoms with Gasteiger partial charge in [0, 0.05) is 15.3 Å². The fourth-order valence-corrected chi connectivity index (χ4v) is 7.92. The van der Waals surface area contributed by atoms with Gasteiger partial charge in [0.15, 0.2) is 15.0 Å². The number of fused-ring (bicyclic) bond motifs is 1. The van der Waals surface area contributed by atoms with Crippen molar-refractivity contribution in [3.8, 4) is 0 Å². The fraction of sp³-hybridized carbons (Fsp3) is 0.222. The minimum absolute atomic E-state index is 0.0234. The highest BCUT2D eigenvalue weighted by atomic mass is 79.9. The van der Waals surface area contributed by atoms with Crippen LogP contribution in [-0.4, -0.2) is 42.3 Å². The maximum atomic E-state index is 12.6. The van der Waals surface area contributed by atoms with Gasteiger partial charge in [-0.05, 0) is 30.3 Å². The maximum Gasteiger partial charge on any atom is 0.279 e. The van der Waals surface area contributed by atoms with Gasteiger partial charge in [-0.2, -0.15) is 4.99 Å². The van der Waals surface area contributed by atoms with Crippen molar-refractivity contribution in [1.29, 1.82) is 0 Å². The first kappa shape index (κ1) is 19.0. The Morgan fingerprint density at radius 3 is 2.63 bits per heavy atom. The van der Waals surface area contributed by atoms with E-state index in [1.165, 1.54) is 11.8 Å².